The van der Waals surface area contributed by atoms with Gasteiger partial charge in [-0.3, -0.25) is 5.10 Å². The quantitative estimate of drug-likeness (QED) is 0.379. The Morgan fingerprint density at radius 3 is 2.87 bits per heavy atom. The lowest BCUT2D eigenvalue weighted by Crippen LogP contribution is -2.27. The molecule has 0 saturated carbocycles. The first-order chi connectivity index (χ1) is 15.2. The van der Waals surface area contributed by atoms with E-state index in [0.29, 0.717) is 29.9 Å². The average molecular weight is 419 g/mol. The van der Waals surface area contributed by atoms with Gasteiger partial charge in [-0.15, -0.1) is 0 Å². The van der Waals surface area contributed by atoms with Gasteiger partial charge in [0, 0.05) is 24.3 Å². The fourth-order valence-corrected chi connectivity index (χ4v) is 4.24. The van der Waals surface area contributed by atoms with E-state index in [9.17, 15) is 0 Å². The molecule has 9 heteroatoms. The van der Waals surface area contributed by atoms with Gasteiger partial charge in [0.2, 0.25) is 0 Å². The summed E-state index contributed by atoms with van der Waals surface area (Å²) in [6.07, 6.45) is 6.45. The van der Waals surface area contributed by atoms with Crippen LogP contribution in [0.25, 0.3) is 33.8 Å². The number of ether oxygens (including phenoxy) is 1. The van der Waals surface area contributed by atoms with E-state index in [0.717, 1.165) is 65.9 Å². The maximum Gasteiger partial charge on any atom is 0.161 e. The van der Waals surface area contributed by atoms with Crippen molar-refractivity contribution in [1.82, 2.24) is 35.5 Å². The van der Waals surface area contributed by atoms with E-state index < -0.39 is 0 Å². The summed E-state index contributed by atoms with van der Waals surface area (Å²) in [7, 11) is 1.70. The minimum Gasteiger partial charge on any atom is -0.384 e. The highest BCUT2D eigenvalue weighted by Gasteiger charge is 2.22. The second kappa shape index (κ2) is 8.44. The van der Waals surface area contributed by atoms with Gasteiger partial charge in [0.25, 0.3) is 0 Å². The number of aromatic amines is 2. The number of nitrogens with one attached hydrogen (secondary N) is 3. The minimum atomic E-state index is 0.341. The van der Waals surface area contributed by atoms with Gasteiger partial charge in [-0.25, -0.2) is 15.0 Å². The molecule has 0 unspecified atom stereocenters. The van der Waals surface area contributed by atoms with Gasteiger partial charge in [-0.05, 0) is 44.0 Å². The zero-order chi connectivity index (χ0) is 21.2. The Kier molecular flexibility index (Phi) is 5.35. The van der Waals surface area contributed by atoms with Crippen molar-refractivity contribution in [3.8, 4) is 22.8 Å². The van der Waals surface area contributed by atoms with Gasteiger partial charge < -0.3 is 20.8 Å². The molecule has 1 aliphatic heterocycles. The molecule has 0 amide bonds. The van der Waals surface area contributed by atoms with E-state index in [1.54, 1.807) is 13.3 Å². The van der Waals surface area contributed by atoms with Crippen LogP contribution in [-0.4, -0.2) is 56.9 Å². The van der Waals surface area contributed by atoms with E-state index in [2.05, 4.69) is 31.5 Å². The summed E-state index contributed by atoms with van der Waals surface area (Å²) in [5, 5.41) is 10.9. The fourth-order valence-electron chi connectivity index (χ4n) is 4.24. The molecular weight excluding hydrogens is 392 g/mol. The number of benzene rings is 1. The van der Waals surface area contributed by atoms with Crippen molar-refractivity contribution in [3.63, 3.8) is 0 Å². The summed E-state index contributed by atoms with van der Waals surface area (Å²) < 4.78 is 5.23. The van der Waals surface area contributed by atoms with Crippen LogP contribution in [0.2, 0.25) is 0 Å². The lowest BCUT2D eigenvalue weighted by Gasteiger charge is -2.22. The highest BCUT2D eigenvalue weighted by molar-refractivity contribution is 5.83. The number of hydrogen-bond acceptors (Lipinski definition) is 7. The second-order valence-electron chi connectivity index (χ2n) is 7.85. The van der Waals surface area contributed by atoms with Gasteiger partial charge in [-0.1, -0.05) is 12.1 Å². The first kappa shape index (κ1) is 19.7. The van der Waals surface area contributed by atoms with Crippen LogP contribution in [-0.2, 0) is 11.2 Å². The van der Waals surface area contributed by atoms with E-state index in [1.165, 1.54) is 0 Å². The molecule has 0 bridgehead atoms. The third kappa shape index (κ3) is 3.77. The summed E-state index contributed by atoms with van der Waals surface area (Å²) in [6.45, 7) is 2.65. The number of nitrogens with two attached hydrogens (primary N) is 1. The van der Waals surface area contributed by atoms with Crippen molar-refractivity contribution in [2.75, 3.05) is 32.5 Å². The van der Waals surface area contributed by atoms with E-state index >= 15 is 0 Å². The molecule has 5 rings (SSSR count). The van der Waals surface area contributed by atoms with Crippen LogP contribution >= 0.6 is 0 Å². The van der Waals surface area contributed by atoms with Gasteiger partial charge >= 0.3 is 0 Å². The predicted octanol–water partition coefficient (Wildman–Crippen LogP) is 2.65. The molecule has 9 nitrogen and oxygen atoms in total. The molecule has 4 heterocycles. The summed E-state index contributed by atoms with van der Waals surface area (Å²) in [5.41, 5.74) is 12.5. The molecule has 1 fully saturated rings. The zero-order valence-electron chi connectivity index (χ0n) is 17.5. The predicted molar refractivity (Wildman–Crippen MR) is 120 cm³/mol. The first-order valence-corrected chi connectivity index (χ1v) is 10.6. The maximum absolute atomic E-state index is 6.21. The highest BCUT2D eigenvalue weighted by atomic mass is 16.5. The molecule has 4 aromatic rings. The zero-order valence-corrected chi connectivity index (χ0v) is 17.5. The van der Waals surface area contributed by atoms with Crippen LogP contribution in [0.4, 0.5) is 5.82 Å². The Balaban J connectivity index is 1.54. The topological polar surface area (TPSA) is 130 Å². The normalized spacial score (nSPS) is 15.0. The number of imidazole rings is 1. The molecule has 160 valence electrons. The molecule has 0 aliphatic carbocycles. The number of anilines is 1. The highest BCUT2D eigenvalue weighted by Crippen LogP contribution is 2.33. The smallest absolute Gasteiger partial charge is 0.161 e. The lowest BCUT2D eigenvalue weighted by atomic mass is 9.91. The van der Waals surface area contributed by atoms with Crippen molar-refractivity contribution in [2.24, 2.45) is 0 Å². The van der Waals surface area contributed by atoms with Gasteiger partial charge in [0.15, 0.2) is 11.6 Å². The van der Waals surface area contributed by atoms with E-state index in [-0.39, 0.29) is 0 Å². The van der Waals surface area contributed by atoms with Crippen LogP contribution < -0.4 is 11.1 Å². The van der Waals surface area contributed by atoms with Gasteiger partial charge in [0.1, 0.15) is 5.69 Å². The molecule has 5 N–H and O–H groups in total. The standard InChI is InChI=1S/C22H26N8O/c1-31-10-7-13-3-2-4-16-19(13)29-22(28-16)20-21(23)25-12-17(27-20)15-11-26-30-18(15)14-5-8-24-9-6-14/h2-4,11-12,14,24H,5-10H2,1H3,(H2,23,25)(H,26,30)(H,28,29). The summed E-state index contributed by atoms with van der Waals surface area (Å²) in [4.78, 5) is 17.4. The molecule has 0 radical (unpaired) electrons. The van der Waals surface area contributed by atoms with Gasteiger partial charge in [-0.2, -0.15) is 5.10 Å². The molecule has 31 heavy (non-hydrogen) atoms. The Hall–Kier alpha value is -3.30. The summed E-state index contributed by atoms with van der Waals surface area (Å²) in [6, 6.07) is 6.08. The van der Waals surface area contributed by atoms with Crippen molar-refractivity contribution in [3.05, 3.63) is 41.9 Å². The Morgan fingerprint density at radius 1 is 1.16 bits per heavy atom. The van der Waals surface area contributed by atoms with Crippen LogP contribution in [0.15, 0.2) is 30.6 Å². The molecule has 1 saturated heterocycles. The number of rotatable bonds is 6. The molecular formula is C22H26N8O. The van der Waals surface area contributed by atoms with Crippen molar-refractivity contribution >= 4 is 16.9 Å². The van der Waals surface area contributed by atoms with Crippen LogP contribution in [0, 0.1) is 0 Å². The average Bonchev–Trinajstić information content (AvgIpc) is 3.46. The SMILES string of the molecule is COCCc1cccc2[nH]c(-c3nc(-c4cn[nH]c4C4CCNCC4)cnc3N)nc12. The fraction of sp³-hybridized carbons (Fsp3) is 0.364. The number of fused-ring (bicyclic) bond motifs is 1. The Labute approximate surface area is 179 Å². The Bertz CT molecular complexity index is 1190. The monoisotopic (exact) mass is 418 g/mol. The summed E-state index contributed by atoms with van der Waals surface area (Å²) >= 11 is 0. The molecule has 1 aliphatic rings. The third-order valence-electron chi connectivity index (χ3n) is 5.89. The largest absolute Gasteiger partial charge is 0.384 e. The van der Waals surface area contributed by atoms with E-state index in [4.69, 9.17) is 20.4 Å². The second-order valence-corrected chi connectivity index (χ2v) is 7.85. The number of methoxy groups -OCH3 is 1. The van der Waals surface area contributed by atoms with Crippen molar-refractivity contribution in [1.29, 1.82) is 0 Å². The molecule has 3 aromatic heterocycles. The molecule has 0 spiro atoms. The number of para-hydroxylation sites is 1. The number of nitrogens with zero attached hydrogens (tertiary/aromatic N) is 4. The molecule has 1 aromatic carbocycles. The first-order valence-electron chi connectivity index (χ1n) is 10.6. The molecule has 0 atom stereocenters. The minimum absolute atomic E-state index is 0.341. The number of aromatic nitrogens is 6. The van der Waals surface area contributed by atoms with E-state index in [1.807, 2.05) is 18.3 Å². The number of nitrogen functional groups attached to an aromatic ring is 1. The van der Waals surface area contributed by atoms with Crippen LogP contribution in [0.5, 0.6) is 0 Å². The third-order valence-corrected chi connectivity index (χ3v) is 5.89. The van der Waals surface area contributed by atoms with Crippen molar-refractivity contribution < 1.29 is 4.74 Å². The maximum atomic E-state index is 6.21. The van der Waals surface area contributed by atoms with Gasteiger partial charge in [0.05, 0.1) is 35.7 Å². The number of piperidine rings is 1. The lowest BCUT2D eigenvalue weighted by molar-refractivity contribution is 0.202. The van der Waals surface area contributed by atoms with Crippen molar-refractivity contribution in [2.45, 2.75) is 25.2 Å². The Morgan fingerprint density at radius 2 is 2.03 bits per heavy atom. The van der Waals surface area contributed by atoms with Crippen LogP contribution in [0.3, 0.4) is 0 Å². The number of H-pyrrole nitrogens is 2. The number of hydrogen-bond donors (Lipinski definition) is 4. The van der Waals surface area contributed by atoms with Crippen LogP contribution in [0.1, 0.15) is 30.0 Å². The summed E-state index contributed by atoms with van der Waals surface area (Å²) in [5.74, 6) is 1.38.